The van der Waals surface area contributed by atoms with Crippen LogP contribution in [0.25, 0.3) is 0 Å². The highest BCUT2D eigenvalue weighted by atomic mass is 16.5. The van der Waals surface area contributed by atoms with Crippen molar-refractivity contribution in [1.29, 1.82) is 0 Å². The second-order valence-corrected chi connectivity index (χ2v) is 6.73. The number of aryl methyl sites for hydroxylation is 2. The molecule has 1 atom stereocenters. The van der Waals surface area contributed by atoms with Crippen molar-refractivity contribution in [2.45, 2.75) is 33.4 Å². The van der Waals surface area contributed by atoms with Gasteiger partial charge in [0.15, 0.2) is 0 Å². The summed E-state index contributed by atoms with van der Waals surface area (Å²) < 4.78 is 5.74. The van der Waals surface area contributed by atoms with Crippen molar-refractivity contribution in [2.24, 2.45) is 0 Å². The lowest BCUT2D eigenvalue weighted by Crippen LogP contribution is -2.36. The Morgan fingerprint density at radius 3 is 2.63 bits per heavy atom. The van der Waals surface area contributed by atoms with E-state index in [0.29, 0.717) is 13.2 Å². The fraction of sp³-hybridized carbons (Fsp3) is 0.273. The summed E-state index contributed by atoms with van der Waals surface area (Å²) in [6.07, 6.45) is 1.69. The van der Waals surface area contributed by atoms with Crippen molar-refractivity contribution in [1.82, 2.24) is 5.32 Å². The van der Waals surface area contributed by atoms with E-state index in [-0.39, 0.29) is 11.8 Å². The second kappa shape index (κ2) is 7.66. The summed E-state index contributed by atoms with van der Waals surface area (Å²) in [5, 5.41) is 2.81. The summed E-state index contributed by atoms with van der Waals surface area (Å²) in [7, 11) is 0. The van der Waals surface area contributed by atoms with Gasteiger partial charge in [0.1, 0.15) is 18.4 Å². The second-order valence-electron chi connectivity index (χ2n) is 6.73. The number of para-hydroxylation sites is 1. The average Bonchev–Trinajstić information content (AvgIpc) is 2.91. The van der Waals surface area contributed by atoms with Gasteiger partial charge in [0.05, 0.1) is 12.2 Å². The first-order chi connectivity index (χ1) is 12.9. The van der Waals surface area contributed by atoms with E-state index in [2.05, 4.69) is 11.9 Å². The lowest BCUT2D eigenvalue weighted by atomic mass is 9.99. The Morgan fingerprint density at radius 2 is 1.93 bits per heavy atom. The molecule has 140 valence electrons. The Morgan fingerprint density at radius 1 is 1.22 bits per heavy atom. The van der Waals surface area contributed by atoms with E-state index in [1.807, 2.05) is 50.2 Å². The Kier molecular flexibility index (Phi) is 5.31. The van der Waals surface area contributed by atoms with Crippen LogP contribution in [0.15, 0.2) is 49.1 Å². The van der Waals surface area contributed by atoms with Crippen molar-refractivity contribution in [2.75, 3.05) is 11.5 Å². The molecule has 2 aromatic carbocycles. The van der Waals surface area contributed by atoms with E-state index in [1.165, 1.54) is 6.92 Å². The Labute approximate surface area is 159 Å². The number of benzene rings is 2. The number of amides is 2. The minimum absolute atomic E-state index is 0.129. The first-order valence-electron chi connectivity index (χ1n) is 8.94. The summed E-state index contributed by atoms with van der Waals surface area (Å²) in [4.78, 5) is 26.6. The van der Waals surface area contributed by atoms with Crippen molar-refractivity contribution in [3.8, 4) is 5.75 Å². The zero-order valence-electron chi connectivity index (χ0n) is 15.9. The monoisotopic (exact) mass is 364 g/mol. The molecule has 0 saturated carbocycles. The number of fused-ring (bicyclic) bond motifs is 1. The van der Waals surface area contributed by atoms with Crippen molar-refractivity contribution in [3.05, 3.63) is 71.3 Å². The quantitative estimate of drug-likeness (QED) is 0.797. The first kappa shape index (κ1) is 18.7. The van der Waals surface area contributed by atoms with Crippen molar-refractivity contribution >= 4 is 17.5 Å². The Bertz CT molecular complexity index is 904. The molecule has 2 amide bonds. The molecule has 27 heavy (non-hydrogen) atoms. The maximum atomic E-state index is 13.2. The number of hydrogen-bond acceptors (Lipinski definition) is 3. The molecule has 0 aromatic heterocycles. The van der Waals surface area contributed by atoms with Gasteiger partial charge in [-0.05, 0) is 31.0 Å². The third-order valence-electron chi connectivity index (χ3n) is 4.71. The number of carbonyl (C=O) groups excluding carboxylic acids is 2. The molecule has 5 heteroatoms. The zero-order chi connectivity index (χ0) is 19.6. The molecule has 1 aliphatic rings. The summed E-state index contributed by atoms with van der Waals surface area (Å²) in [5.74, 6) is 0.368. The summed E-state index contributed by atoms with van der Waals surface area (Å²) in [6.45, 7) is 9.83. The molecule has 3 rings (SSSR count). The predicted octanol–water partition coefficient (Wildman–Crippen LogP) is 3.59. The van der Waals surface area contributed by atoms with Crippen LogP contribution in [0.2, 0.25) is 0 Å². The molecule has 0 spiro atoms. The van der Waals surface area contributed by atoms with Gasteiger partial charge in [-0.15, -0.1) is 0 Å². The van der Waals surface area contributed by atoms with E-state index in [0.717, 1.165) is 33.7 Å². The van der Waals surface area contributed by atoms with Gasteiger partial charge >= 0.3 is 0 Å². The molecule has 5 nitrogen and oxygen atoms in total. The number of anilines is 1. The largest absolute Gasteiger partial charge is 0.489 e. The maximum absolute atomic E-state index is 13.2. The molecule has 0 bridgehead atoms. The van der Waals surface area contributed by atoms with Crippen LogP contribution < -0.4 is 15.0 Å². The molecule has 0 aliphatic carbocycles. The number of nitrogens with zero attached hydrogens (tertiary/aromatic N) is 1. The van der Waals surface area contributed by atoms with Gasteiger partial charge in [-0.3, -0.25) is 9.59 Å². The molecule has 1 N–H and O–H groups in total. The van der Waals surface area contributed by atoms with Crippen LogP contribution in [0, 0.1) is 13.8 Å². The van der Waals surface area contributed by atoms with E-state index in [1.54, 1.807) is 11.0 Å². The number of carbonyl (C=O) groups is 2. The molecule has 1 heterocycles. The lowest BCUT2D eigenvalue weighted by Gasteiger charge is -2.21. The highest BCUT2D eigenvalue weighted by Crippen LogP contribution is 2.42. The highest BCUT2D eigenvalue weighted by Gasteiger charge is 2.40. The molecule has 0 radical (unpaired) electrons. The number of hydrogen-bond donors (Lipinski definition) is 1. The van der Waals surface area contributed by atoms with Crippen LogP contribution in [0.1, 0.15) is 35.2 Å². The fourth-order valence-corrected chi connectivity index (χ4v) is 3.52. The van der Waals surface area contributed by atoms with E-state index >= 15 is 0 Å². The van der Waals surface area contributed by atoms with E-state index in [4.69, 9.17) is 4.74 Å². The zero-order valence-corrected chi connectivity index (χ0v) is 15.9. The van der Waals surface area contributed by atoms with E-state index in [9.17, 15) is 9.59 Å². The normalized spacial score (nSPS) is 15.4. The predicted molar refractivity (Wildman–Crippen MR) is 106 cm³/mol. The molecule has 0 fully saturated rings. The van der Waals surface area contributed by atoms with Crippen molar-refractivity contribution in [3.63, 3.8) is 0 Å². The van der Waals surface area contributed by atoms with Gasteiger partial charge in [-0.25, -0.2) is 0 Å². The molecular formula is C22H24N2O3. The van der Waals surface area contributed by atoms with Gasteiger partial charge in [0.25, 0.3) is 5.91 Å². The topological polar surface area (TPSA) is 58.6 Å². The van der Waals surface area contributed by atoms with Crippen LogP contribution >= 0.6 is 0 Å². The van der Waals surface area contributed by atoms with Crippen LogP contribution in [-0.4, -0.2) is 18.4 Å². The fourth-order valence-electron chi connectivity index (χ4n) is 3.52. The molecule has 0 saturated heterocycles. The Balaban J connectivity index is 2.03. The maximum Gasteiger partial charge on any atom is 0.254 e. The van der Waals surface area contributed by atoms with Crippen molar-refractivity contribution < 1.29 is 14.3 Å². The van der Waals surface area contributed by atoms with Gasteiger partial charge in [0.2, 0.25) is 5.91 Å². The van der Waals surface area contributed by atoms with Crippen LogP contribution in [-0.2, 0) is 16.1 Å². The van der Waals surface area contributed by atoms with Gasteiger partial charge in [0, 0.05) is 18.1 Å². The third-order valence-corrected chi connectivity index (χ3v) is 4.71. The van der Waals surface area contributed by atoms with Gasteiger partial charge in [-0.1, -0.05) is 43.0 Å². The molecule has 1 aliphatic heterocycles. The van der Waals surface area contributed by atoms with Crippen LogP contribution in [0.5, 0.6) is 5.75 Å². The van der Waals surface area contributed by atoms with Crippen LogP contribution in [0.3, 0.4) is 0 Å². The van der Waals surface area contributed by atoms with Gasteiger partial charge < -0.3 is 15.0 Å². The smallest absolute Gasteiger partial charge is 0.254 e. The summed E-state index contributed by atoms with van der Waals surface area (Å²) in [6, 6.07) is 11.0. The summed E-state index contributed by atoms with van der Waals surface area (Å²) >= 11 is 0. The number of rotatable bonds is 6. The molecule has 2 aromatic rings. The molecular weight excluding hydrogens is 340 g/mol. The molecule has 1 unspecified atom stereocenters. The summed E-state index contributed by atoms with van der Waals surface area (Å²) in [5.41, 5.74) is 4.64. The highest BCUT2D eigenvalue weighted by molar-refractivity contribution is 6.07. The minimum atomic E-state index is -0.654. The average molecular weight is 364 g/mol. The standard InChI is InChI=1S/C22H24N2O3/c1-5-12-27-18-9-7-6-8-17(18)13-24-21-15(3)11-10-14(2)19(21)20(22(24)26)23-16(4)25/h5-11,20H,1,12-13H2,2-4H3,(H,23,25). The van der Waals surface area contributed by atoms with E-state index < -0.39 is 6.04 Å². The Hall–Kier alpha value is -3.08. The SMILES string of the molecule is C=CCOc1ccccc1CN1C(=O)C(NC(C)=O)c2c(C)ccc(C)c21. The van der Waals surface area contributed by atoms with Crippen LogP contribution in [0.4, 0.5) is 5.69 Å². The first-order valence-corrected chi connectivity index (χ1v) is 8.94. The minimum Gasteiger partial charge on any atom is -0.489 e. The third kappa shape index (κ3) is 3.58. The lowest BCUT2D eigenvalue weighted by molar-refractivity contribution is -0.126. The number of ether oxygens (including phenoxy) is 1. The van der Waals surface area contributed by atoms with Gasteiger partial charge in [-0.2, -0.15) is 0 Å². The number of nitrogens with one attached hydrogen (secondary N) is 1.